The molecule has 7 nitrogen and oxygen atoms in total. The first-order valence-electron chi connectivity index (χ1n) is 13.7. The summed E-state index contributed by atoms with van der Waals surface area (Å²) in [6.07, 6.45) is 0.236. The van der Waals surface area contributed by atoms with Crippen LogP contribution in [-0.4, -0.2) is 40.1 Å². The molecular formula is C34H26ClN3O4. The van der Waals surface area contributed by atoms with Crippen molar-refractivity contribution in [3.63, 3.8) is 0 Å². The molecule has 1 aliphatic heterocycles. The predicted octanol–water partition coefficient (Wildman–Crippen LogP) is 7.14. The lowest BCUT2D eigenvalue weighted by molar-refractivity contribution is -0.131. The van der Waals surface area contributed by atoms with Crippen LogP contribution in [0, 0.1) is 0 Å². The Morgan fingerprint density at radius 2 is 1.57 bits per heavy atom. The number of carbonyl (C=O) groups excluding carboxylic acids is 3. The van der Waals surface area contributed by atoms with E-state index in [2.05, 4.69) is 9.97 Å². The van der Waals surface area contributed by atoms with Gasteiger partial charge in [-0.25, -0.2) is 0 Å². The standard InChI is InChI=1S/C34H26ClN3O4/c1-19(39)42-32-16-30-33(25-8-4-3-7-24(25)32)23(17-35)18-38(30)34(41)29-15-22-12-20(10-11-27(22)37-29)13-31(40)28-14-21-6-2-5-9-26(21)36-28/h2-12,14-16,23,36-37H,13,17-18H2,1H3. The molecule has 0 saturated heterocycles. The molecule has 1 amide bonds. The summed E-state index contributed by atoms with van der Waals surface area (Å²) >= 11 is 6.41. The normalized spacial score (nSPS) is 14.5. The zero-order valence-corrected chi connectivity index (χ0v) is 23.5. The lowest BCUT2D eigenvalue weighted by Gasteiger charge is -2.18. The van der Waals surface area contributed by atoms with Gasteiger partial charge >= 0.3 is 5.97 Å². The first kappa shape index (κ1) is 26.0. The number of halogens is 1. The summed E-state index contributed by atoms with van der Waals surface area (Å²) in [5.74, 6) is 0.0289. The van der Waals surface area contributed by atoms with Gasteiger partial charge in [-0.3, -0.25) is 14.4 Å². The molecule has 7 rings (SSSR count). The van der Waals surface area contributed by atoms with E-state index in [1.807, 2.05) is 78.9 Å². The summed E-state index contributed by atoms with van der Waals surface area (Å²) in [7, 11) is 0. The second-order valence-electron chi connectivity index (χ2n) is 10.7. The number of nitrogens with one attached hydrogen (secondary N) is 2. The Bertz CT molecular complexity index is 2020. The average molecular weight is 576 g/mol. The molecule has 208 valence electrons. The number of ether oxygens (including phenoxy) is 1. The third-order valence-corrected chi connectivity index (χ3v) is 8.30. The molecule has 42 heavy (non-hydrogen) atoms. The van der Waals surface area contributed by atoms with Crippen LogP contribution in [0.2, 0.25) is 0 Å². The van der Waals surface area contributed by atoms with Crippen molar-refractivity contribution in [1.82, 2.24) is 9.97 Å². The van der Waals surface area contributed by atoms with Crippen molar-refractivity contribution in [1.29, 1.82) is 0 Å². The fourth-order valence-electron chi connectivity index (χ4n) is 6.03. The molecule has 0 spiro atoms. The van der Waals surface area contributed by atoms with Gasteiger partial charge in [0, 0.05) is 64.9 Å². The number of hydrogen-bond acceptors (Lipinski definition) is 4. The number of amides is 1. The molecule has 0 radical (unpaired) electrons. The van der Waals surface area contributed by atoms with Crippen LogP contribution in [0.4, 0.5) is 5.69 Å². The number of rotatable bonds is 6. The Balaban J connectivity index is 1.20. The van der Waals surface area contributed by atoms with Gasteiger partial charge < -0.3 is 19.6 Å². The van der Waals surface area contributed by atoms with E-state index in [0.717, 1.165) is 43.7 Å². The number of hydrogen-bond donors (Lipinski definition) is 2. The number of para-hydroxylation sites is 1. The van der Waals surface area contributed by atoms with Gasteiger partial charge in [0.2, 0.25) is 0 Å². The van der Waals surface area contributed by atoms with Crippen LogP contribution in [0.3, 0.4) is 0 Å². The van der Waals surface area contributed by atoms with E-state index in [1.165, 1.54) is 6.92 Å². The fourth-order valence-corrected chi connectivity index (χ4v) is 6.28. The number of alkyl halides is 1. The third-order valence-electron chi connectivity index (χ3n) is 7.92. The Labute approximate surface area is 246 Å². The van der Waals surface area contributed by atoms with Gasteiger partial charge in [0.05, 0.1) is 11.4 Å². The molecule has 0 bridgehead atoms. The minimum Gasteiger partial charge on any atom is -0.426 e. The van der Waals surface area contributed by atoms with Crippen LogP contribution in [0.1, 0.15) is 44.9 Å². The summed E-state index contributed by atoms with van der Waals surface area (Å²) in [6.45, 7) is 1.77. The summed E-state index contributed by atoms with van der Waals surface area (Å²) < 4.78 is 5.55. The van der Waals surface area contributed by atoms with Crippen molar-refractivity contribution < 1.29 is 19.1 Å². The number of nitrogens with zero attached hydrogens (tertiary/aromatic N) is 1. The highest BCUT2D eigenvalue weighted by molar-refractivity contribution is 6.19. The Hall–Kier alpha value is -4.88. The van der Waals surface area contributed by atoms with Crippen LogP contribution in [0.15, 0.2) is 84.9 Å². The minimum atomic E-state index is -0.431. The van der Waals surface area contributed by atoms with E-state index >= 15 is 0 Å². The Morgan fingerprint density at radius 3 is 2.36 bits per heavy atom. The van der Waals surface area contributed by atoms with Crippen molar-refractivity contribution in [2.45, 2.75) is 19.3 Å². The lowest BCUT2D eigenvalue weighted by Crippen LogP contribution is -2.30. The maximum atomic E-state index is 13.9. The lowest BCUT2D eigenvalue weighted by atomic mass is 9.95. The van der Waals surface area contributed by atoms with E-state index in [9.17, 15) is 14.4 Å². The number of ketones is 1. The largest absolute Gasteiger partial charge is 0.426 e. The van der Waals surface area contributed by atoms with Crippen molar-refractivity contribution in [3.05, 3.63) is 107 Å². The molecule has 6 aromatic rings. The molecule has 0 aliphatic carbocycles. The molecule has 4 aromatic carbocycles. The molecule has 1 unspecified atom stereocenters. The molecule has 1 aliphatic rings. The van der Waals surface area contributed by atoms with Crippen LogP contribution < -0.4 is 9.64 Å². The number of anilines is 1. The van der Waals surface area contributed by atoms with Crippen LogP contribution in [-0.2, 0) is 11.2 Å². The van der Waals surface area contributed by atoms with E-state index in [0.29, 0.717) is 35.2 Å². The number of carbonyl (C=O) groups is 3. The fraction of sp³-hybridized carbons (Fsp3) is 0.147. The van der Waals surface area contributed by atoms with Gasteiger partial charge in [-0.2, -0.15) is 0 Å². The van der Waals surface area contributed by atoms with Crippen molar-refractivity contribution >= 4 is 67.5 Å². The van der Waals surface area contributed by atoms with Crippen LogP contribution in [0.25, 0.3) is 32.6 Å². The molecule has 2 aromatic heterocycles. The van der Waals surface area contributed by atoms with E-state index in [4.69, 9.17) is 16.3 Å². The molecule has 3 heterocycles. The van der Waals surface area contributed by atoms with Gasteiger partial charge in [-0.15, -0.1) is 11.6 Å². The number of benzene rings is 4. The highest BCUT2D eigenvalue weighted by Gasteiger charge is 2.35. The highest BCUT2D eigenvalue weighted by Crippen LogP contribution is 2.46. The van der Waals surface area contributed by atoms with Crippen molar-refractivity contribution in [2.75, 3.05) is 17.3 Å². The van der Waals surface area contributed by atoms with Crippen molar-refractivity contribution in [2.24, 2.45) is 0 Å². The summed E-state index contributed by atoms with van der Waals surface area (Å²) in [5, 5.41) is 3.55. The monoisotopic (exact) mass is 575 g/mol. The maximum absolute atomic E-state index is 13.9. The first-order valence-corrected chi connectivity index (χ1v) is 14.3. The molecule has 0 fully saturated rings. The third kappa shape index (κ3) is 4.43. The topological polar surface area (TPSA) is 95.3 Å². The summed E-state index contributed by atoms with van der Waals surface area (Å²) in [4.78, 5) is 47.0. The molecule has 1 atom stereocenters. The van der Waals surface area contributed by atoms with E-state index in [1.54, 1.807) is 11.0 Å². The molecule has 8 heteroatoms. The SMILES string of the molecule is CC(=O)Oc1cc2c(c3ccccc13)C(CCl)CN2C(=O)c1cc2cc(CC(=O)c3cc4ccccc4[nH]3)ccc2[nH]1. The van der Waals surface area contributed by atoms with E-state index in [-0.39, 0.29) is 24.0 Å². The Kier molecular flexibility index (Phi) is 6.32. The molecule has 2 N–H and O–H groups in total. The second-order valence-corrected chi connectivity index (χ2v) is 11.0. The van der Waals surface area contributed by atoms with Crippen LogP contribution >= 0.6 is 11.6 Å². The summed E-state index contributed by atoms with van der Waals surface area (Å²) in [5.41, 5.74) is 5.24. The van der Waals surface area contributed by atoms with Gasteiger partial charge in [-0.1, -0.05) is 48.5 Å². The Morgan fingerprint density at radius 1 is 0.857 bits per heavy atom. The number of Topliss-reactive ketones (excluding diaryl/α,β-unsaturated/α-hetero) is 1. The van der Waals surface area contributed by atoms with Crippen molar-refractivity contribution in [3.8, 4) is 5.75 Å². The zero-order chi connectivity index (χ0) is 29.0. The minimum absolute atomic E-state index is 0.00557. The number of esters is 1. The van der Waals surface area contributed by atoms with Gasteiger partial charge in [0.25, 0.3) is 5.91 Å². The first-order chi connectivity index (χ1) is 20.4. The highest BCUT2D eigenvalue weighted by atomic mass is 35.5. The zero-order valence-electron chi connectivity index (χ0n) is 22.7. The molecule has 0 saturated carbocycles. The number of aromatic nitrogens is 2. The van der Waals surface area contributed by atoms with E-state index < -0.39 is 5.97 Å². The number of fused-ring (bicyclic) bond motifs is 5. The maximum Gasteiger partial charge on any atom is 0.308 e. The summed E-state index contributed by atoms with van der Waals surface area (Å²) in [6, 6.07) is 26.7. The van der Waals surface area contributed by atoms with Gasteiger partial charge in [0.1, 0.15) is 11.4 Å². The van der Waals surface area contributed by atoms with Gasteiger partial charge in [-0.05, 0) is 46.8 Å². The van der Waals surface area contributed by atoms with Gasteiger partial charge in [0.15, 0.2) is 5.78 Å². The quantitative estimate of drug-likeness (QED) is 0.0955. The predicted molar refractivity (Wildman–Crippen MR) is 165 cm³/mol. The smallest absolute Gasteiger partial charge is 0.308 e. The second kappa shape index (κ2) is 10.2. The number of H-pyrrole nitrogens is 2. The number of aromatic amines is 2. The molecular weight excluding hydrogens is 550 g/mol. The van der Waals surface area contributed by atoms with Crippen LogP contribution in [0.5, 0.6) is 5.75 Å². The average Bonchev–Trinajstić information content (AvgIpc) is 3.71.